The van der Waals surface area contributed by atoms with E-state index < -0.39 is 0 Å². The molecule has 0 aliphatic carbocycles. The van der Waals surface area contributed by atoms with Crippen molar-refractivity contribution in [2.45, 2.75) is 66.5 Å². The van der Waals surface area contributed by atoms with Crippen molar-refractivity contribution in [2.75, 3.05) is 32.7 Å². The summed E-state index contributed by atoms with van der Waals surface area (Å²) in [6.07, 6.45) is 4.49. The third kappa shape index (κ3) is 7.61. The van der Waals surface area contributed by atoms with Gasteiger partial charge >= 0.3 is 0 Å². The Morgan fingerprint density at radius 2 is 2.03 bits per heavy atom. The van der Waals surface area contributed by atoms with E-state index in [1.807, 2.05) is 6.92 Å². The van der Waals surface area contributed by atoms with Crippen LogP contribution in [0.3, 0.4) is 0 Å². The van der Waals surface area contributed by atoms with E-state index in [1.54, 1.807) is 11.3 Å². The minimum atomic E-state index is 0.669. The average Bonchev–Trinajstić information content (AvgIpc) is 3.35. The van der Waals surface area contributed by atoms with Crippen LogP contribution in [0, 0.1) is 19.8 Å². The number of aromatic nitrogens is 3. The van der Waals surface area contributed by atoms with Crippen molar-refractivity contribution in [3.8, 4) is 0 Å². The summed E-state index contributed by atoms with van der Waals surface area (Å²) < 4.78 is 2.09. The Bertz CT molecular complexity index is 818. The van der Waals surface area contributed by atoms with Crippen LogP contribution in [0.1, 0.15) is 55.2 Å². The van der Waals surface area contributed by atoms with E-state index in [4.69, 9.17) is 9.98 Å². The zero-order chi connectivity index (χ0) is 22.1. The average molecular weight is 446 g/mol. The fourth-order valence-electron chi connectivity index (χ4n) is 4.04. The third-order valence-corrected chi connectivity index (χ3v) is 6.83. The molecule has 172 valence electrons. The van der Waals surface area contributed by atoms with E-state index >= 15 is 0 Å². The van der Waals surface area contributed by atoms with Crippen molar-refractivity contribution >= 4 is 17.3 Å². The summed E-state index contributed by atoms with van der Waals surface area (Å²) in [6, 6.07) is 2.13. The number of likely N-dealkylation sites (tertiary alicyclic amines) is 1. The molecular weight excluding hydrogens is 406 g/mol. The molecule has 0 unspecified atom stereocenters. The lowest BCUT2D eigenvalue weighted by atomic mass is 9.97. The second kappa shape index (κ2) is 12.2. The van der Waals surface area contributed by atoms with Crippen LogP contribution >= 0.6 is 11.3 Å². The summed E-state index contributed by atoms with van der Waals surface area (Å²) in [7, 11) is 0. The Morgan fingerprint density at radius 1 is 1.23 bits per heavy atom. The number of guanidine groups is 1. The van der Waals surface area contributed by atoms with Crippen LogP contribution in [-0.4, -0.2) is 58.3 Å². The van der Waals surface area contributed by atoms with Crippen molar-refractivity contribution < 1.29 is 0 Å². The summed E-state index contributed by atoms with van der Waals surface area (Å²) in [4.78, 5) is 12.1. The highest BCUT2D eigenvalue weighted by atomic mass is 32.1. The number of aryl methyl sites for hydroxylation is 4. The number of rotatable bonds is 10. The Labute approximate surface area is 191 Å². The van der Waals surface area contributed by atoms with Gasteiger partial charge in [-0.15, -0.1) is 11.3 Å². The molecule has 2 aromatic rings. The first-order valence-electron chi connectivity index (χ1n) is 11.8. The van der Waals surface area contributed by atoms with Gasteiger partial charge in [-0.05, 0) is 71.5 Å². The second-order valence-electron chi connectivity index (χ2n) is 8.46. The third-order valence-electron chi connectivity index (χ3n) is 5.79. The predicted octanol–water partition coefficient (Wildman–Crippen LogP) is 3.38. The maximum atomic E-state index is 4.87. The van der Waals surface area contributed by atoms with Gasteiger partial charge in [0.2, 0.25) is 0 Å². The van der Waals surface area contributed by atoms with Crippen molar-refractivity contribution in [3.63, 3.8) is 0 Å². The lowest BCUT2D eigenvalue weighted by Gasteiger charge is -2.30. The number of hydrogen-bond donors (Lipinski definition) is 2. The normalized spacial score (nSPS) is 16.1. The van der Waals surface area contributed by atoms with E-state index in [0.717, 1.165) is 70.3 Å². The molecule has 1 saturated heterocycles. The first-order valence-corrected chi connectivity index (χ1v) is 12.6. The molecule has 1 aliphatic heterocycles. The summed E-state index contributed by atoms with van der Waals surface area (Å²) in [5, 5.41) is 14.9. The summed E-state index contributed by atoms with van der Waals surface area (Å²) in [5.41, 5.74) is 3.55. The summed E-state index contributed by atoms with van der Waals surface area (Å²) in [5.74, 6) is 1.61. The molecule has 2 N–H and O–H groups in total. The Kier molecular flexibility index (Phi) is 9.33. The molecule has 1 fully saturated rings. The number of nitrogens with zero attached hydrogens (tertiary/aromatic N) is 5. The van der Waals surface area contributed by atoms with Crippen LogP contribution in [0.2, 0.25) is 0 Å². The highest BCUT2D eigenvalue weighted by Crippen LogP contribution is 2.20. The standard InChI is InChI=1S/C23H39N7S/c1-5-22-27-21(17-31-22)16-29-12-8-20(9-13-29)15-26-23(24-6-2)25-10-7-11-30-19(4)14-18(3)28-30/h14,17,20H,5-13,15-16H2,1-4H3,(H2,24,25,26). The minimum absolute atomic E-state index is 0.669. The van der Waals surface area contributed by atoms with Crippen LogP contribution < -0.4 is 10.6 Å². The van der Waals surface area contributed by atoms with Gasteiger partial charge in [0.25, 0.3) is 0 Å². The first kappa shape index (κ1) is 23.7. The van der Waals surface area contributed by atoms with E-state index in [2.05, 4.69) is 57.5 Å². The lowest BCUT2D eigenvalue weighted by molar-refractivity contribution is 0.179. The molecule has 3 heterocycles. The zero-order valence-corrected chi connectivity index (χ0v) is 20.5. The molecule has 0 spiro atoms. The van der Waals surface area contributed by atoms with E-state index in [0.29, 0.717) is 5.92 Å². The number of aliphatic imine (C=N–C) groups is 1. The van der Waals surface area contributed by atoms with Gasteiger partial charge in [0.1, 0.15) is 0 Å². The summed E-state index contributed by atoms with van der Waals surface area (Å²) in [6.45, 7) is 15.3. The second-order valence-corrected chi connectivity index (χ2v) is 9.40. The largest absolute Gasteiger partial charge is 0.357 e. The monoisotopic (exact) mass is 445 g/mol. The van der Waals surface area contributed by atoms with Gasteiger partial charge in [-0.3, -0.25) is 14.6 Å². The van der Waals surface area contributed by atoms with Gasteiger partial charge in [-0.25, -0.2) is 4.98 Å². The fraction of sp³-hybridized carbons (Fsp3) is 0.696. The van der Waals surface area contributed by atoms with Gasteiger partial charge in [-0.2, -0.15) is 5.10 Å². The predicted molar refractivity (Wildman–Crippen MR) is 130 cm³/mol. The highest BCUT2D eigenvalue weighted by Gasteiger charge is 2.20. The Balaban J connectivity index is 1.37. The van der Waals surface area contributed by atoms with Crippen LogP contribution in [-0.2, 0) is 19.5 Å². The maximum absolute atomic E-state index is 4.87. The van der Waals surface area contributed by atoms with Gasteiger partial charge in [0, 0.05) is 43.8 Å². The van der Waals surface area contributed by atoms with Crippen LogP contribution in [0.15, 0.2) is 16.4 Å². The molecule has 0 radical (unpaired) electrons. The van der Waals surface area contributed by atoms with Crippen LogP contribution in [0.25, 0.3) is 0 Å². The molecule has 0 saturated carbocycles. The smallest absolute Gasteiger partial charge is 0.191 e. The molecule has 0 aromatic carbocycles. The van der Waals surface area contributed by atoms with Gasteiger partial charge in [-0.1, -0.05) is 6.92 Å². The number of piperidine rings is 1. The van der Waals surface area contributed by atoms with E-state index in [-0.39, 0.29) is 0 Å². The SMILES string of the molecule is CCNC(=NCC1CCN(Cc2csc(CC)n2)CC1)NCCCn1nc(C)cc1C. The van der Waals surface area contributed by atoms with E-state index in [1.165, 1.54) is 29.2 Å². The van der Waals surface area contributed by atoms with Crippen molar-refractivity contribution in [1.82, 2.24) is 30.3 Å². The number of hydrogen-bond acceptors (Lipinski definition) is 5. The fourth-order valence-corrected chi connectivity index (χ4v) is 4.78. The first-order chi connectivity index (χ1) is 15.1. The maximum Gasteiger partial charge on any atom is 0.191 e. The van der Waals surface area contributed by atoms with Crippen LogP contribution in [0.5, 0.6) is 0 Å². The lowest BCUT2D eigenvalue weighted by Crippen LogP contribution is -2.39. The molecule has 1 aliphatic rings. The Hall–Kier alpha value is -1.93. The topological polar surface area (TPSA) is 70.4 Å². The molecule has 2 aromatic heterocycles. The van der Waals surface area contributed by atoms with Crippen molar-refractivity contribution in [2.24, 2.45) is 10.9 Å². The molecule has 7 nitrogen and oxygen atoms in total. The molecule has 3 rings (SSSR count). The van der Waals surface area contributed by atoms with Gasteiger partial charge in [0.15, 0.2) is 5.96 Å². The molecule has 0 bridgehead atoms. The minimum Gasteiger partial charge on any atom is -0.357 e. The molecule has 31 heavy (non-hydrogen) atoms. The Morgan fingerprint density at radius 3 is 2.68 bits per heavy atom. The van der Waals surface area contributed by atoms with Crippen LogP contribution in [0.4, 0.5) is 0 Å². The molecular formula is C23H39N7S. The van der Waals surface area contributed by atoms with E-state index in [9.17, 15) is 0 Å². The number of thiazole rings is 1. The number of nitrogens with one attached hydrogen (secondary N) is 2. The van der Waals surface area contributed by atoms with Gasteiger partial charge < -0.3 is 10.6 Å². The van der Waals surface area contributed by atoms with Gasteiger partial charge in [0.05, 0.1) is 16.4 Å². The highest BCUT2D eigenvalue weighted by molar-refractivity contribution is 7.09. The molecule has 0 atom stereocenters. The zero-order valence-electron chi connectivity index (χ0n) is 19.7. The summed E-state index contributed by atoms with van der Waals surface area (Å²) >= 11 is 1.79. The molecule has 0 amide bonds. The van der Waals surface area contributed by atoms with Crippen molar-refractivity contribution in [3.05, 3.63) is 33.5 Å². The quantitative estimate of drug-likeness (QED) is 0.333. The van der Waals surface area contributed by atoms with Crippen molar-refractivity contribution in [1.29, 1.82) is 0 Å². The molecule has 8 heteroatoms.